The number of hydrogen-bond acceptors (Lipinski definition) is 2. The van der Waals surface area contributed by atoms with Gasteiger partial charge >= 0.3 is 0 Å². The molecule has 1 saturated carbocycles. The van der Waals surface area contributed by atoms with Crippen molar-refractivity contribution in [3.05, 3.63) is 29.3 Å². The third kappa shape index (κ3) is 2.98. The molecule has 1 aliphatic heterocycles. The van der Waals surface area contributed by atoms with Crippen LogP contribution in [0.3, 0.4) is 0 Å². The van der Waals surface area contributed by atoms with Crippen LogP contribution in [0, 0.1) is 0 Å². The van der Waals surface area contributed by atoms with Gasteiger partial charge in [0.05, 0.1) is 0 Å². The molecule has 0 spiro atoms. The van der Waals surface area contributed by atoms with Gasteiger partial charge in [0.1, 0.15) is 0 Å². The topological polar surface area (TPSA) is 32.3 Å². The average molecular weight is 258 g/mol. The van der Waals surface area contributed by atoms with Crippen LogP contribution in [0.1, 0.15) is 37.3 Å². The SMILES string of the molecule is CC(=O)N1CCCc2cc(CCNC3CC3)ccc21. The number of hydrogen-bond donors (Lipinski definition) is 1. The second kappa shape index (κ2) is 5.33. The van der Waals surface area contributed by atoms with Crippen molar-refractivity contribution in [1.82, 2.24) is 5.32 Å². The minimum Gasteiger partial charge on any atom is -0.314 e. The van der Waals surface area contributed by atoms with E-state index in [-0.39, 0.29) is 5.91 Å². The van der Waals surface area contributed by atoms with E-state index in [0.29, 0.717) is 0 Å². The molecule has 1 aliphatic carbocycles. The number of carbonyl (C=O) groups excluding carboxylic acids is 1. The molecule has 1 aromatic carbocycles. The Hall–Kier alpha value is -1.35. The first-order valence-electron chi connectivity index (χ1n) is 7.37. The van der Waals surface area contributed by atoms with Crippen molar-refractivity contribution in [2.45, 2.75) is 45.1 Å². The number of carbonyl (C=O) groups is 1. The van der Waals surface area contributed by atoms with Crippen molar-refractivity contribution < 1.29 is 4.79 Å². The third-order valence-electron chi connectivity index (χ3n) is 4.07. The number of nitrogens with zero attached hydrogens (tertiary/aromatic N) is 1. The van der Waals surface area contributed by atoms with E-state index >= 15 is 0 Å². The molecule has 0 atom stereocenters. The van der Waals surface area contributed by atoms with E-state index in [1.165, 1.54) is 24.0 Å². The second-order valence-electron chi connectivity index (χ2n) is 5.72. The van der Waals surface area contributed by atoms with E-state index in [4.69, 9.17) is 0 Å². The first kappa shape index (κ1) is 12.7. The molecule has 0 unspecified atom stereocenters. The van der Waals surface area contributed by atoms with Crippen LogP contribution in [-0.2, 0) is 17.6 Å². The third-order valence-corrected chi connectivity index (χ3v) is 4.07. The van der Waals surface area contributed by atoms with E-state index in [1.807, 2.05) is 4.90 Å². The summed E-state index contributed by atoms with van der Waals surface area (Å²) in [5.74, 6) is 0.157. The molecule has 3 rings (SSSR count). The summed E-state index contributed by atoms with van der Waals surface area (Å²) in [6.07, 6.45) is 5.96. The Morgan fingerprint density at radius 1 is 1.42 bits per heavy atom. The first-order chi connectivity index (χ1) is 9.24. The van der Waals surface area contributed by atoms with Crippen molar-refractivity contribution in [3.8, 4) is 0 Å². The highest BCUT2D eigenvalue weighted by atomic mass is 16.2. The standard InChI is InChI=1S/C16H22N2O/c1-12(19)18-10-2-3-14-11-13(4-7-16(14)18)8-9-17-15-5-6-15/h4,7,11,15,17H,2-3,5-6,8-10H2,1H3. The molecule has 3 heteroatoms. The first-order valence-corrected chi connectivity index (χ1v) is 7.37. The van der Waals surface area contributed by atoms with Crippen LogP contribution in [-0.4, -0.2) is 25.0 Å². The molecule has 0 bridgehead atoms. The van der Waals surface area contributed by atoms with Gasteiger partial charge in [0.25, 0.3) is 0 Å². The summed E-state index contributed by atoms with van der Waals surface area (Å²) in [6, 6.07) is 7.38. The number of amides is 1. The van der Waals surface area contributed by atoms with Gasteiger partial charge in [0.2, 0.25) is 5.91 Å². The van der Waals surface area contributed by atoms with Crippen LogP contribution in [0.2, 0.25) is 0 Å². The molecular formula is C16H22N2O. The Bertz CT molecular complexity index is 480. The van der Waals surface area contributed by atoms with Gasteiger partial charge in [-0.05, 0) is 55.8 Å². The second-order valence-corrected chi connectivity index (χ2v) is 5.72. The molecule has 19 heavy (non-hydrogen) atoms. The lowest BCUT2D eigenvalue weighted by Gasteiger charge is -2.29. The number of fused-ring (bicyclic) bond motifs is 1. The highest BCUT2D eigenvalue weighted by Gasteiger charge is 2.21. The van der Waals surface area contributed by atoms with Gasteiger partial charge in [-0.2, -0.15) is 0 Å². The molecule has 3 nitrogen and oxygen atoms in total. The van der Waals surface area contributed by atoms with Crippen LogP contribution in [0.25, 0.3) is 0 Å². The molecule has 1 N–H and O–H groups in total. The summed E-state index contributed by atoms with van der Waals surface area (Å²) in [6.45, 7) is 3.59. The lowest BCUT2D eigenvalue weighted by molar-refractivity contribution is -0.116. The zero-order valence-corrected chi connectivity index (χ0v) is 11.6. The minimum atomic E-state index is 0.157. The predicted octanol–water partition coefficient (Wildman–Crippen LogP) is 2.28. The molecule has 0 radical (unpaired) electrons. The summed E-state index contributed by atoms with van der Waals surface area (Å²) in [7, 11) is 0. The maximum atomic E-state index is 11.6. The number of benzene rings is 1. The fourth-order valence-electron chi connectivity index (χ4n) is 2.84. The smallest absolute Gasteiger partial charge is 0.223 e. The zero-order valence-electron chi connectivity index (χ0n) is 11.6. The monoisotopic (exact) mass is 258 g/mol. The molecule has 2 aliphatic rings. The van der Waals surface area contributed by atoms with E-state index in [0.717, 1.165) is 44.1 Å². The number of aryl methyl sites for hydroxylation is 1. The molecule has 0 saturated heterocycles. The van der Waals surface area contributed by atoms with Gasteiger partial charge in [0.15, 0.2) is 0 Å². The van der Waals surface area contributed by atoms with Crippen LogP contribution in [0.5, 0.6) is 0 Å². The fourth-order valence-corrected chi connectivity index (χ4v) is 2.84. The Labute approximate surface area is 115 Å². The Morgan fingerprint density at radius 3 is 3.00 bits per heavy atom. The lowest BCUT2D eigenvalue weighted by Crippen LogP contribution is -2.33. The van der Waals surface area contributed by atoms with Gasteiger partial charge in [-0.1, -0.05) is 12.1 Å². The molecule has 1 amide bonds. The van der Waals surface area contributed by atoms with Crippen LogP contribution < -0.4 is 10.2 Å². The maximum absolute atomic E-state index is 11.6. The fraction of sp³-hybridized carbons (Fsp3) is 0.562. The van der Waals surface area contributed by atoms with E-state index in [2.05, 4.69) is 23.5 Å². The number of nitrogens with one attached hydrogen (secondary N) is 1. The molecule has 1 heterocycles. The quantitative estimate of drug-likeness (QED) is 0.898. The van der Waals surface area contributed by atoms with Crippen LogP contribution in [0.15, 0.2) is 18.2 Å². The van der Waals surface area contributed by atoms with Gasteiger partial charge in [-0.25, -0.2) is 0 Å². The van der Waals surface area contributed by atoms with Gasteiger partial charge in [0, 0.05) is 25.2 Å². The van der Waals surface area contributed by atoms with Gasteiger partial charge in [-0.3, -0.25) is 4.79 Å². The van der Waals surface area contributed by atoms with Crippen molar-refractivity contribution in [2.75, 3.05) is 18.0 Å². The lowest BCUT2D eigenvalue weighted by atomic mass is 9.98. The summed E-state index contributed by atoms with van der Waals surface area (Å²) in [5.41, 5.74) is 3.85. The van der Waals surface area contributed by atoms with E-state index < -0.39 is 0 Å². The normalized spacial score (nSPS) is 18.3. The van der Waals surface area contributed by atoms with E-state index in [1.54, 1.807) is 6.92 Å². The summed E-state index contributed by atoms with van der Waals surface area (Å²) in [4.78, 5) is 13.5. The molecule has 1 fully saturated rings. The Morgan fingerprint density at radius 2 is 2.26 bits per heavy atom. The number of anilines is 1. The van der Waals surface area contributed by atoms with Gasteiger partial charge in [-0.15, -0.1) is 0 Å². The Kier molecular flexibility index (Phi) is 3.56. The van der Waals surface area contributed by atoms with Crippen molar-refractivity contribution in [3.63, 3.8) is 0 Å². The highest BCUT2D eigenvalue weighted by Crippen LogP contribution is 2.28. The van der Waals surface area contributed by atoms with Gasteiger partial charge < -0.3 is 10.2 Å². The average Bonchev–Trinajstić information content (AvgIpc) is 3.22. The van der Waals surface area contributed by atoms with Crippen molar-refractivity contribution >= 4 is 11.6 Å². The van der Waals surface area contributed by atoms with Crippen molar-refractivity contribution in [1.29, 1.82) is 0 Å². The largest absolute Gasteiger partial charge is 0.314 e. The highest BCUT2D eigenvalue weighted by molar-refractivity contribution is 5.92. The van der Waals surface area contributed by atoms with Crippen molar-refractivity contribution in [2.24, 2.45) is 0 Å². The maximum Gasteiger partial charge on any atom is 0.223 e. The molecule has 102 valence electrons. The molecule has 1 aromatic rings. The zero-order chi connectivity index (χ0) is 13.2. The summed E-state index contributed by atoms with van der Waals surface area (Å²) < 4.78 is 0. The molecular weight excluding hydrogens is 236 g/mol. The molecule has 0 aromatic heterocycles. The number of rotatable bonds is 4. The predicted molar refractivity (Wildman–Crippen MR) is 77.5 cm³/mol. The minimum absolute atomic E-state index is 0.157. The van der Waals surface area contributed by atoms with Crippen LogP contribution >= 0.6 is 0 Å². The summed E-state index contributed by atoms with van der Waals surface area (Å²) >= 11 is 0. The summed E-state index contributed by atoms with van der Waals surface area (Å²) in [5, 5.41) is 3.55. The van der Waals surface area contributed by atoms with E-state index in [9.17, 15) is 4.79 Å². The van der Waals surface area contributed by atoms with Crippen LogP contribution in [0.4, 0.5) is 5.69 Å². The Balaban J connectivity index is 1.69.